The third-order valence-corrected chi connectivity index (χ3v) is 10.6. The smallest absolute Gasteiger partial charge is 0.334 e. The van der Waals surface area contributed by atoms with Crippen molar-refractivity contribution in [3.8, 4) is 0 Å². The minimum Gasteiger partial charge on any atom is -0.466 e. The van der Waals surface area contributed by atoms with E-state index in [9.17, 15) is 9.59 Å². The lowest BCUT2D eigenvalue weighted by molar-refractivity contribution is -0.137. The van der Waals surface area contributed by atoms with Crippen molar-refractivity contribution in [1.29, 1.82) is 0 Å². The van der Waals surface area contributed by atoms with E-state index in [1.54, 1.807) is 6.20 Å². The van der Waals surface area contributed by atoms with Gasteiger partial charge in [-0.25, -0.2) is 9.78 Å². The van der Waals surface area contributed by atoms with Crippen LogP contribution >= 0.6 is 11.8 Å². The second-order valence-corrected chi connectivity index (χ2v) is 12.2. The molecule has 2 saturated carbocycles. The van der Waals surface area contributed by atoms with Gasteiger partial charge in [-0.2, -0.15) is 0 Å². The van der Waals surface area contributed by atoms with Crippen LogP contribution in [0.2, 0.25) is 0 Å². The van der Waals surface area contributed by atoms with E-state index in [1.165, 1.54) is 24.4 Å². The number of nitrogens with zero attached hydrogens (tertiary/aromatic N) is 1. The highest BCUT2D eigenvalue weighted by Gasteiger charge is 2.60. The Morgan fingerprint density at radius 2 is 1.97 bits per heavy atom. The molecule has 4 aliphatic carbocycles. The molecule has 1 aromatic heterocycles. The van der Waals surface area contributed by atoms with Gasteiger partial charge >= 0.3 is 5.97 Å². The Morgan fingerprint density at radius 1 is 1.15 bits per heavy atom. The van der Waals surface area contributed by atoms with Crippen molar-refractivity contribution < 1.29 is 14.3 Å². The first-order valence-corrected chi connectivity index (χ1v) is 13.2. The number of esters is 1. The van der Waals surface area contributed by atoms with Gasteiger partial charge in [-0.1, -0.05) is 32.9 Å². The maximum absolute atomic E-state index is 13.4. The van der Waals surface area contributed by atoms with E-state index >= 15 is 0 Å². The number of hydrogen-bond acceptors (Lipinski definition) is 5. The largest absolute Gasteiger partial charge is 0.466 e. The van der Waals surface area contributed by atoms with Gasteiger partial charge in [-0.3, -0.25) is 4.79 Å². The molecule has 4 nitrogen and oxygen atoms in total. The summed E-state index contributed by atoms with van der Waals surface area (Å²) in [5.41, 5.74) is 2.33. The number of rotatable bonds is 3. The molecule has 1 aromatic rings. The number of aromatic nitrogens is 1. The van der Waals surface area contributed by atoms with Crippen molar-refractivity contribution >= 4 is 22.8 Å². The highest BCUT2D eigenvalue weighted by atomic mass is 32.2. The molecule has 4 aliphatic rings. The Morgan fingerprint density at radius 3 is 2.70 bits per heavy atom. The van der Waals surface area contributed by atoms with E-state index in [1.807, 2.05) is 18.2 Å². The van der Waals surface area contributed by atoms with Gasteiger partial charge in [0.1, 0.15) is 5.03 Å². The first kappa shape index (κ1) is 22.9. The minimum atomic E-state index is -0.189. The zero-order valence-corrected chi connectivity index (χ0v) is 21.0. The number of carbonyl (C=O) groups is 2. The summed E-state index contributed by atoms with van der Waals surface area (Å²) < 4.78 is 5.05. The second-order valence-electron chi connectivity index (χ2n) is 11.1. The van der Waals surface area contributed by atoms with Crippen LogP contribution in [0, 0.1) is 40.4 Å². The summed E-state index contributed by atoms with van der Waals surface area (Å²) in [6.45, 7) is 6.98. The number of ether oxygens (including phenoxy) is 1. The molecule has 0 unspecified atom stereocenters. The average molecular weight is 466 g/mol. The Bertz CT molecular complexity index is 1020. The van der Waals surface area contributed by atoms with Gasteiger partial charge in [0, 0.05) is 17.7 Å². The Kier molecular flexibility index (Phi) is 5.83. The zero-order chi connectivity index (χ0) is 23.4. The predicted octanol–water partition coefficient (Wildman–Crippen LogP) is 6.23. The summed E-state index contributed by atoms with van der Waals surface area (Å²) in [6, 6.07) is 5.78. The lowest BCUT2D eigenvalue weighted by atomic mass is 9.47. The molecule has 7 atom stereocenters. The van der Waals surface area contributed by atoms with Crippen LogP contribution in [0.3, 0.4) is 0 Å². The lowest BCUT2D eigenvalue weighted by Crippen LogP contribution is -2.50. The van der Waals surface area contributed by atoms with E-state index in [2.05, 4.69) is 37.9 Å². The molecule has 33 heavy (non-hydrogen) atoms. The number of fused-ring (bicyclic) bond motifs is 5. The summed E-state index contributed by atoms with van der Waals surface area (Å²) in [5.74, 6) is 1.96. The zero-order valence-electron chi connectivity index (χ0n) is 20.2. The summed E-state index contributed by atoms with van der Waals surface area (Å²) in [5, 5.41) is 1.11. The molecule has 0 amide bonds. The van der Waals surface area contributed by atoms with Crippen molar-refractivity contribution in [2.45, 2.75) is 64.3 Å². The second kappa shape index (κ2) is 8.41. The highest BCUT2D eigenvalue weighted by Crippen LogP contribution is 2.66. The van der Waals surface area contributed by atoms with Gasteiger partial charge in [-0.05, 0) is 109 Å². The van der Waals surface area contributed by atoms with Crippen molar-refractivity contribution in [3.63, 3.8) is 0 Å². The fourth-order valence-corrected chi connectivity index (χ4v) is 9.01. The predicted molar refractivity (Wildman–Crippen MR) is 130 cm³/mol. The molecule has 0 saturated heterocycles. The van der Waals surface area contributed by atoms with E-state index < -0.39 is 0 Å². The molecule has 5 heteroatoms. The molecule has 0 spiro atoms. The van der Waals surface area contributed by atoms with Crippen LogP contribution in [0.15, 0.2) is 52.7 Å². The van der Waals surface area contributed by atoms with Crippen LogP contribution in [0.5, 0.6) is 0 Å². The van der Waals surface area contributed by atoms with Gasteiger partial charge in [-0.15, -0.1) is 0 Å². The first-order chi connectivity index (χ1) is 15.8. The van der Waals surface area contributed by atoms with Crippen molar-refractivity contribution in [1.82, 2.24) is 4.98 Å². The SMILES string of the molecule is COC(=O)C1=CC2=CC[C@H]3[C@@H]4CC[C@H](C(=O)Sc5ccccn5)[C@@]4(C)CC[C@@H]3[C@@]2(C)C[C@H]1C. The van der Waals surface area contributed by atoms with Crippen LogP contribution in [-0.2, 0) is 14.3 Å². The average Bonchev–Trinajstić information content (AvgIpc) is 3.16. The fraction of sp³-hybridized carbons (Fsp3) is 0.607. The van der Waals surface area contributed by atoms with Crippen molar-refractivity contribution in [3.05, 3.63) is 47.7 Å². The van der Waals surface area contributed by atoms with Gasteiger partial charge in [0.15, 0.2) is 5.12 Å². The van der Waals surface area contributed by atoms with E-state index in [-0.39, 0.29) is 28.6 Å². The van der Waals surface area contributed by atoms with Crippen LogP contribution in [0.25, 0.3) is 0 Å². The number of thioether (sulfide) groups is 1. The molecule has 2 fully saturated rings. The van der Waals surface area contributed by atoms with Crippen LogP contribution in [0.4, 0.5) is 0 Å². The number of carbonyl (C=O) groups excluding carboxylic acids is 2. The lowest BCUT2D eigenvalue weighted by Gasteiger charge is -2.57. The van der Waals surface area contributed by atoms with Gasteiger partial charge in [0.2, 0.25) is 0 Å². The van der Waals surface area contributed by atoms with E-state index in [0.717, 1.165) is 49.1 Å². The van der Waals surface area contributed by atoms with Crippen molar-refractivity contribution in [2.24, 2.45) is 40.4 Å². The van der Waals surface area contributed by atoms with E-state index in [4.69, 9.17) is 4.74 Å². The molecule has 0 radical (unpaired) electrons. The van der Waals surface area contributed by atoms with Crippen LogP contribution in [-0.4, -0.2) is 23.2 Å². The first-order valence-electron chi connectivity index (χ1n) is 12.4. The highest BCUT2D eigenvalue weighted by molar-refractivity contribution is 8.13. The summed E-state index contributed by atoms with van der Waals surface area (Å²) in [4.78, 5) is 30.0. The number of hydrogen-bond donors (Lipinski definition) is 0. The quantitative estimate of drug-likeness (QED) is 0.391. The Labute approximate surface area is 201 Å². The molecular weight excluding hydrogens is 430 g/mol. The summed E-state index contributed by atoms with van der Waals surface area (Å²) in [7, 11) is 1.47. The molecule has 0 N–H and O–H groups in total. The molecule has 0 aromatic carbocycles. The van der Waals surface area contributed by atoms with Gasteiger partial charge in [0.05, 0.1) is 7.11 Å². The molecular formula is C28H35NO3S. The molecule has 0 aliphatic heterocycles. The maximum Gasteiger partial charge on any atom is 0.334 e. The topological polar surface area (TPSA) is 56.3 Å². The Hall–Kier alpha value is -1.88. The molecule has 0 bridgehead atoms. The standard InChI is InChI=1S/C28H35NO3S/c1-17-16-28(3)18(15-20(17)25(30)32-4)8-9-19-21-10-11-23(27(21,2)13-12-22(19)28)26(31)33-24-7-5-6-14-29-24/h5-8,14-15,17,19,21-23H,9-13,16H2,1-4H3/t17-,19+,21+,22+,23-,27+,28+/m1/s1. The monoisotopic (exact) mass is 465 g/mol. The number of methoxy groups -OCH3 is 1. The third kappa shape index (κ3) is 3.62. The normalized spacial score (nSPS) is 39.5. The molecule has 5 rings (SSSR count). The van der Waals surface area contributed by atoms with E-state index in [0.29, 0.717) is 22.9 Å². The third-order valence-electron chi connectivity index (χ3n) is 9.65. The summed E-state index contributed by atoms with van der Waals surface area (Å²) >= 11 is 1.33. The fourth-order valence-electron chi connectivity index (χ4n) is 8.01. The number of allylic oxidation sites excluding steroid dienone is 3. The van der Waals surface area contributed by atoms with Crippen LogP contribution in [0.1, 0.15) is 59.3 Å². The Balaban J connectivity index is 1.40. The molecule has 1 heterocycles. The maximum atomic E-state index is 13.4. The van der Waals surface area contributed by atoms with Crippen LogP contribution < -0.4 is 0 Å². The van der Waals surface area contributed by atoms with Crippen molar-refractivity contribution in [2.75, 3.05) is 7.11 Å². The van der Waals surface area contributed by atoms with Gasteiger partial charge in [0.25, 0.3) is 0 Å². The van der Waals surface area contributed by atoms with Gasteiger partial charge < -0.3 is 4.74 Å². The molecule has 176 valence electrons. The summed E-state index contributed by atoms with van der Waals surface area (Å²) in [6.07, 6.45) is 12.8. The number of pyridine rings is 1. The minimum absolute atomic E-state index is 0.0784.